The van der Waals surface area contributed by atoms with Crippen LogP contribution >= 0.6 is 11.7 Å². The molecule has 1 heterocycles. The Morgan fingerprint density at radius 2 is 2.25 bits per heavy atom. The van der Waals surface area contributed by atoms with Crippen LogP contribution in [-0.2, 0) is 0 Å². The molecule has 0 spiro atoms. The number of aliphatic hydroxyl groups is 1. The van der Waals surface area contributed by atoms with Crippen molar-refractivity contribution in [1.29, 1.82) is 0 Å². The van der Waals surface area contributed by atoms with E-state index in [2.05, 4.69) is 14.1 Å². The molecule has 1 aromatic heterocycles. The number of aromatic nitrogens is 2. The van der Waals surface area contributed by atoms with Crippen LogP contribution in [0.25, 0.3) is 0 Å². The number of hydrogen-bond acceptors (Lipinski definition) is 5. The molecule has 0 unspecified atom stereocenters. The lowest BCUT2D eigenvalue weighted by molar-refractivity contribution is 0.0847. The summed E-state index contributed by atoms with van der Waals surface area (Å²) in [6.07, 6.45) is 3.10. The molecule has 5 nitrogen and oxygen atoms in total. The minimum Gasteiger partial charge on any atom is -0.396 e. The molecule has 16 heavy (non-hydrogen) atoms. The summed E-state index contributed by atoms with van der Waals surface area (Å²) in [4.78, 5) is 11.6. The molecular formula is C10H17N3O2S. The van der Waals surface area contributed by atoms with Crippen molar-refractivity contribution in [3.63, 3.8) is 0 Å². The highest BCUT2D eigenvalue weighted by molar-refractivity contribution is 6.99. The Hall–Kier alpha value is -1.01. The molecule has 0 aliphatic heterocycles. The lowest BCUT2D eigenvalue weighted by Gasteiger charge is -2.29. The van der Waals surface area contributed by atoms with Crippen LogP contribution in [0, 0.1) is 5.41 Å². The normalized spacial score (nSPS) is 11.4. The van der Waals surface area contributed by atoms with Crippen LogP contribution in [0.1, 0.15) is 37.2 Å². The third-order valence-corrected chi connectivity index (χ3v) is 3.53. The first kappa shape index (κ1) is 13.1. The summed E-state index contributed by atoms with van der Waals surface area (Å²) in [5, 5.41) is 12.1. The molecule has 0 atom stereocenters. The average Bonchev–Trinajstić information content (AvgIpc) is 2.85. The van der Waals surface area contributed by atoms with Gasteiger partial charge in [-0.2, -0.15) is 8.75 Å². The predicted molar refractivity (Wildman–Crippen MR) is 62.3 cm³/mol. The van der Waals surface area contributed by atoms with Crippen LogP contribution in [-0.4, -0.2) is 32.9 Å². The molecule has 0 aliphatic rings. The maximum absolute atomic E-state index is 11.6. The van der Waals surface area contributed by atoms with E-state index in [9.17, 15) is 9.90 Å². The first-order valence-electron chi connectivity index (χ1n) is 5.34. The number of amides is 1. The number of rotatable bonds is 6. The van der Waals surface area contributed by atoms with Crippen LogP contribution in [0.3, 0.4) is 0 Å². The summed E-state index contributed by atoms with van der Waals surface area (Å²) in [7, 11) is 0. The molecule has 0 saturated carbocycles. The van der Waals surface area contributed by atoms with Gasteiger partial charge in [-0.25, -0.2) is 0 Å². The van der Waals surface area contributed by atoms with Gasteiger partial charge in [0.05, 0.1) is 24.5 Å². The Balaban J connectivity index is 2.53. The maximum Gasteiger partial charge on any atom is 0.272 e. The average molecular weight is 243 g/mol. The summed E-state index contributed by atoms with van der Waals surface area (Å²) >= 11 is 1.01. The van der Waals surface area contributed by atoms with Gasteiger partial charge in [0.1, 0.15) is 0 Å². The molecule has 0 aliphatic carbocycles. The van der Waals surface area contributed by atoms with E-state index in [0.29, 0.717) is 12.2 Å². The van der Waals surface area contributed by atoms with Crippen molar-refractivity contribution < 1.29 is 9.90 Å². The number of carbonyl (C=O) groups excluding carboxylic acids is 1. The molecule has 2 N–H and O–H groups in total. The fraction of sp³-hybridized carbons (Fsp3) is 0.700. The van der Waals surface area contributed by atoms with Crippen molar-refractivity contribution in [2.24, 2.45) is 5.41 Å². The lowest BCUT2D eigenvalue weighted by atomic mass is 9.83. The van der Waals surface area contributed by atoms with Crippen LogP contribution in [0.2, 0.25) is 0 Å². The molecule has 0 fully saturated rings. The number of aliphatic hydroxyl groups excluding tert-OH is 1. The van der Waals surface area contributed by atoms with E-state index in [-0.39, 0.29) is 17.9 Å². The summed E-state index contributed by atoms with van der Waals surface area (Å²) in [6, 6.07) is 0. The summed E-state index contributed by atoms with van der Waals surface area (Å²) < 4.78 is 7.62. The molecule has 0 radical (unpaired) electrons. The molecule has 1 aromatic rings. The molecule has 0 aromatic carbocycles. The van der Waals surface area contributed by atoms with E-state index in [1.54, 1.807) is 0 Å². The van der Waals surface area contributed by atoms with Gasteiger partial charge in [-0.3, -0.25) is 4.79 Å². The number of nitrogens with zero attached hydrogens (tertiary/aromatic N) is 2. The van der Waals surface area contributed by atoms with Crippen molar-refractivity contribution >= 4 is 17.6 Å². The zero-order chi connectivity index (χ0) is 12.0. The first-order valence-corrected chi connectivity index (χ1v) is 6.07. The van der Waals surface area contributed by atoms with Crippen LogP contribution in [0.15, 0.2) is 6.20 Å². The maximum atomic E-state index is 11.6. The topological polar surface area (TPSA) is 75.1 Å². The van der Waals surface area contributed by atoms with E-state index < -0.39 is 0 Å². The second-order valence-electron chi connectivity index (χ2n) is 3.84. The van der Waals surface area contributed by atoms with E-state index in [1.165, 1.54) is 6.20 Å². The summed E-state index contributed by atoms with van der Waals surface area (Å²) in [5.41, 5.74) is 0.114. The molecule has 0 bridgehead atoms. The smallest absolute Gasteiger partial charge is 0.272 e. The SMILES string of the molecule is CCC(CC)(CO)CNC(=O)c1cnsn1. The first-order chi connectivity index (χ1) is 7.67. The van der Waals surface area contributed by atoms with Gasteiger partial charge < -0.3 is 10.4 Å². The van der Waals surface area contributed by atoms with Gasteiger partial charge in [-0.05, 0) is 12.8 Å². The summed E-state index contributed by atoms with van der Waals surface area (Å²) in [5.74, 6) is -0.228. The largest absolute Gasteiger partial charge is 0.396 e. The second kappa shape index (κ2) is 5.91. The van der Waals surface area contributed by atoms with Gasteiger partial charge in [-0.15, -0.1) is 0 Å². The third kappa shape index (κ3) is 2.99. The van der Waals surface area contributed by atoms with E-state index in [4.69, 9.17) is 0 Å². The van der Waals surface area contributed by atoms with Crippen molar-refractivity contribution in [2.75, 3.05) is 13.2 Å². The Kier molecular flexibility index (Phi) is 4.82. The zero-order valence-electron chi connectivity index (χ0n) is 9.56. The predicted octanol–water partition coefficient (Wildman–Crippen LogP) is 1.07. The molecule has 1 amide bonds. The van der Waals surface area contributed by atoms with Crippen molar-refractivity contribution in [3.05, 3.63) is 11.9 Å². The number of carbonyl (C=O) groups is 1. The van der Waals surface area contributed by atoms with Crippen molar-refractivity contribution in [3.8, 4) is 0 Å². The molecule has 6 heteroatoms. The Labute approximate surface area is 99.2 Å². The quantitative estimate of drug-likeness (QED) is 0.783. The Morgan fingerprint density at radius 3 is 2.69 bits per heavy atom. The van der Waals surface area contributed by atoms with Crippen molar-refractivity contribution in [2.45, 2.75) is 26.7 Å². The van der Waals surface area contributed by atoms with E-state index in [0.717, 1.165) is 24.6 Å². The van der Waals surface area contributed by atoms with E-state index >= 15 is 0 Å². The Morgan fingerprint density at radius 1 is 1.56 bits per heavy atom. The van der Waals surface area contributed by atoms with Gasteiger partial charge in [0.15, 0.2) is 5.69 Å². The molecule has 0 saturated heterocycles. The fourth-order valence-electron chi connectivity index (χ4n) is 1.40. The molecule has 90 valence electrons. The van der Waals surface area contributed by atoms with Crippen LogP contribution in [0.4, 0.5) is 0 Å². The standard InChI is InChI=1S/C10H17N3O2S/c1-3-10(4-2,7-14)6-11-9(15)8-5-12-16-13-8/h5,14H,3-4,6-7H2,1-2H3,(H,11,15). The van der Waals surface area contributed by atoms with Crippen LogP contribution < -0.4 is 5.32 Å². The highest BCUT2D eigenvalue weighted by atomic mass is 32.1. The Bertz CT molecular complexity index is 315. The van der Waals surface area contributed by atoms with E-state index in [1.807, 2.05) is 13.8 Å². The molecule has 1 rings (SSSR count). The molecular weight excluding hydrogens is 226 g/mol. The van der Waals surface area contributed by atoms with Gasteiger partial charge in [0, 0.05) is 12.0 Å². The number of hydrogen-bond donors (Lipinski definition) is 2. The van der Waals surface area contributed by atoms with Gasteiger partial charge in [0.25, 0.3) is 5.91 Å². The van der Waals surface area contributed by atoms with Crippen LogP contribution in [0.5, 0.6) is 0 Å². The highest BCUT2D eigenvalue weighted by Gasteiger charge is 2.26. The lowest BCUT2D eigenvalue weighted by Crippen LogP contribution is -2.39. The highest BCUT2D eigenvalue weighted by Crippen LogP contribution is 2.24. The minimum absolute atomic E-state index is 0.0790. The monoisotopic (exact) mass is 243 g/mol. The number of nitrogens with one attached hydrogen (secondary N) is 1. The van der Waals surface area contributed by atoms with Gasteiger partial charge in [0.2, 0.25) is 0 Å². The fourth-order valence-corrected chi connectivity index (χ4v) is 1.81. The van der Waals surface area contributed by atoms with Gasteiger partial charge >= 0.3 is 0 Å². The van der Waals surface area contributed by atoms with Gasteiger partial charge in [-0.1, -0.05) is 13.8 Å². The van der Waals surface area contributed by atoms with Crippen molar-refractivity contribution in [1.82, 2.24) is 14.1 Å². The summed E-state index contributed by atoms with van der Waals surface area (Å²) in [6.45, 7) is 4.56. The zero-order valence-corrected chi connectivity index (χ0v) is 10.4. The third-order valence-electron chi connectivity index (χ3n) is 3.05. The minimum atomic E-state index is -0.228. The second-order valence-corrected chi connectivity index (χ2v) is 4.40.